The first-order valence-electron chi connectivity index (χ1n) is 4.09. The molecule has 1 N–H and O–H groups in total. The lowest BCUT2D eigenvalue weighted by Crippen LogP contribution is -2.12. The van der Waals surface area contributed by atoms with Crippen molar-refractivity contribution < 1.29 is 13.0 Å². The van der Waals surface area contributed by atoms with Gasteiger partial charge < -0.3 is 0 Å². The van der Waals surface area contributed by atoms with Crippen molar-refractivity contribution in [3.63, 3.8) is 0 Å². The molecule has 0 aromatic heterocycles. The molecule has 0 aliphatic carbocycles. The van der Waals surface area contributed by atoms with Gasteiger partial charge in [-0.1, -0.05) is 42.5 Å². The normalized spacial score (nSPS) is 13.6. The summed E-state index contributed by atoms with van der Waals surface area (Å²) in [6.45, 7) is 5.13. The topological polar surface area (TPSA) is 54.4 Å². The lowest BCUT2D eigenvalue weighted by molar-refractivity contribution is 0.474. The van der Waals surface area contributed by atoms with Crippen molar-refractivity contribution in [3.05, 3.63) is 48.0 Å². The minimum absolute atomic E-state index is 0.402. The van der Waals surface area contributed by atoms with Crippen LogP contribution in [-0.2, 0) is 10.1 Å². The van der Waals surface area contributed by atoms with E-state index in [1.807, 2.05) is 0 Å². The molecule has 0 saturated heterocycles. The van der Waals surface area contributed by atoms with E-state index in [1.54, 1.807) is 37.3 Å². The highest BCUT2D eigenvalue weighted by molar-refractivity contribution is 7.86. The van der Waals surface area contributed by atoms with Gasteiger partial charge in [-0.3, -0.25) is 4.55 Å². The van der Waals surface area contributed by atoms with Crippen molar-refractivity contribution >= 4 is 10.1 Å². The van der Waals surface area contributed by atoms with Crippen LogP contribution in [0.2, 0.25) is 0 Å². The Morgan fingerprint density at radius 1 is 1.36 bits per heavy atom. The Kier molecular flexibility index (Phi) is 3.08. The maximum Gasteiger partial charge on any atom is 0.275 e. The van der Waals surface area contributed by atoms with Crippen molar-refractivity contribution in [1.29, 1.82) is 0 Å². The van der Waals surface area contributed by atoms with E-state index in [1.165, 1.54) is 0 Å². The standard InChI is InChI=1S/C10H12O3S/c1-8(2)10(14(11,12)13)9-6-4-3-5-7-9/h3-7,10H,1H2,2H3,(H,11,12,13). The lowest BCUT2D eigenvalue weighted by Gasteiger charge is -2.13. The molecule has 0 amide bonds. The first kappa shape index (κ1) is 10.9. The van der Waals surface area contributed by atoms with Gasteiger partial charge in [0.2, 0.25) is 0 Å². The highest BCUT2D eigenvalue weighted by atomic mass is 32.2. The Bertz CT molecular complexity index is 420. The summed E-state index contributed by atoms with van der Waals surface area (Å²) < 4.78 is 31.1. The van der Waals surface area contributed by atoms with Crippen molar-refractivity contribution in [2.75, 3.05) is 0 Å². The molecule has 3 nitrogen and oxygen atoms in total. The highest BCUT2D eigenvalue weighted by Crippen LogP contribution is 2.27. The molecule has 4 heteroatoms. The fraction of sp³-hybridized carbons (Fsp3) is 0.200. The molecule has 1 rings (SSSR count). The molecular weight excluding hydrogens is 200 g/mol. The van der Waals surface area contributed by atoms with Crippen LogP contribution in [-0.4, -0.2) is 13.0 Å². The SMILES string of the molecule is C=C(C)C(c1ccccc1)S(=O)(=O)O. The molecule has 1 unspecified atom stereocenters. The van der Waals surface area contributed by atoms with Crippen molar-refractivity contribution in [3.8, 4) is 0 Å². The van der Waals surface area contributed by atoms with Gasteiger partial charge in [-0.2, -0.15) is 8.42 Å². The van der Waals surface area contributed by atoms with E-state index < -0.39 is 15.4 Å². The van der Waals surface area contributed by atoms with E-state index in [9.17, 15) is 8.42 Å². The quantitative estimate of drug-likeness (QED) is 0.617. The monoisotopic (exact) mass is 212 g/mol. The summed E-state index contributed by atoms with van der Waals surface area (Å²) in [6, 6.07) is 8.51. The van der Waals surface area contributed by atoms with Crippen LogP contribution in [0.5, 0.6) is 0 Å². The fourth-order valence-electron chi connectivity index (χ4n) is 1.34. The molecule has 76 valence electrons. The highest BCUT2D eigenvalue weighted by Gasteiger charge is 2.25. The number of hydrogen-bond donors (Lipinski definition) is 1. The summed E-state index contributed by atoms with van der Waals surface area (Å²) >= 11 is 0. The molecular formula is C10H12O3S. The molecule has 0 fully saturated rings. The van der Waals surface area contributed by atoms with Crippen LogP contribution in [0, 0.1) is 0 Å². The number of benzene rings is 1. The van der Waals surface area contributed by atoms with Crippen LogP contribution in [0.15, 0.2) is 42.5 Å². The average molecular weight is 212 g/mol. The third-order valence-electron chi connectivity index (χ3n) is 1.85. The summed E-state index contributed by atoms with van der Waals surface area (Å²) in [4.78, 5) is 0. The van der Waals surface area contributed by atoms with Gasteiger partial charge in [0, 0.05) is 0 Å². The molecule has 0 saturated carbocycles. The molecule has 1 aromatic rings. The van der Waals surface area contributed by atoms with Crippen molar-refractivity contribution in [1.82, 2.24) is 0 Å². The van der Waals surface area contributed by atoms with Crippen LogP contribution in [0.1, 0.15) is 17.7 Å². The van der Waals surface area contributed by atoms with Crippen LogP contribution in [0.4, 0.5) is 0 Å². The van der Waals surface area contributed by atoms with E-state index in [-0.39, 0.29) is 0 Å². The van der Waals surface area contributed by atoms with Crippen LogP contribution < -0.4 is 0 Å². The second kappa shape index (κ2) is 3.94. The largest absolute Gasteiger partial charge is 0.285 e. The Morgan fingerprint density at radius 3 is 2.21 bits per heavy atom. The number of hydrogen-bond acceptors (Lipinski definition) is 2. The van der Waals surface area contributed by atoms with Gasteiger partial charge in [-0.05, 0) is 12.5 Å². The van der Waals surface area contributed by atoms with Gasteiger partial charge in [0.25, 0.3) is 10.1 Å². The Hall–Kier alpha value is -1.13. The third-order valence-corrected chi connectivity index (χ3v) is 3.12. The van der Waals surface area contributed by atoms with Crippen molar-refractivity contribution in [2.45, 2.75) is 12.2 Å². The molecule has 0 aliphatic rings. The second-order valence-electron chi connectivity index (χ2n) is 3.15. The van der Waals surface area contributed by atoms with Crippen LogP contribution in [0.3, 0.4) is 0 Å². The summed E-state index contributed by atoms with van der Waals surface area (Å²) in [5.41, 5.74) is 0.932. The van der Waals surface area contributed by atoms with Gasteiger partial charge >= 0.3 is 0 Å². The smallest absolute Gasteiger partial charge is 0.275 e. The Morgan fingerprint density at radius 2 is 1.86 bits per heavy atom. The summed E-state index contributed by atoms with van der Waals surface area (Å²) in [7, 11) is -4.12. The van der Waals surface area contributed by atoms with E-state index >= 15 is 0 Å². The predicted molar refractivity (Wildman–Crippen MR) is 55.5 cm³/mol. The maximum absolute atomic E-state index is 11.1. The molecule has 1 aromatic carbocycles. The van der Waals surface area contributed by atoms with E-state index in [2.05, 4.69) is 6.58 Å². The van der Waals surface area contributed by atoms with Gasteiger partial charge in [-0.15, -0.1) is 0 Å². The maximum atomic E-state index is 11.1. The lowest BCUT2D eigenvalue weighted by atomic mass is 10.1. The van der Waals surface area contributed by atoms with Gasteiger partial charge in [-0.25, -0.2) is 0 Å². The first-order chi connectivity index (χ1) is 6.43. The molecule has 1 atom stereocenters. The molecule has 14 heavy (non-hydrogen) atoms. The molecule has 0 aliphatic heterocycles. The van der Waals surface area contributed by atoms with E-state index in [0.717, 1.165) is 0 Å². The minimum Gasteiger partial charge on any atom is -0.285 e. The molecule has 0 bridgehead atoms. The molecule has 0 spiro atoms. The average Bonchev–Trinajstić information content (AvgIpc) is 2.02. The van der Waals surface area contributed by atoms with Gasteiger partial charge in [0.1, 0.15) is 5.25 Å². The zero-order valence-electron chi connectivity index (χ0n) is 7.84. The molecule has 0 heterocycles. The minimum atomic E-state index is -4.12. The summed E-state index contributed by atoms with van der Waals surface area (Å²) in [5, 5.41) is -1.02. The third kappa shape index (κ3) is 2.43. The summed E-state index contributed by atoms with van der Waals surface area (Å²) in [5.74, 6) is 0. The fourth-order valence-corrected chi connectivity index (χ4v) is 2.35. The van der Waals surface area contributed by atoms with Crippen LogP contribution >= 0.6 is 0 Å². The van der Waals surface area contributed by atoms with E-state index in [4.69, 9.17) is 4.55 Å². The van der Waals surface area contributed by atoms with Gasteiger partial charge in [0.05, 0.1) is 0 Å². The van der Waals surface area contributed by atoms with Gasteiger partial charge in [0.15, 0.2) is 0 Å². The summed E-state index contributed by atoms with van der Waals surface area (Å²) in [6.07, 6.45) is 0. The van der Waals surface area contributed by atoms with E-state index in [0.29, 0.717) is 11.1 Å². The predicted octanol–water partition coefficient (Wildman–Crippen LogP) is 2.19. The second-order valence-corrected chi connectivity index (χ2v) is 4.65. The zero-order valence-corrected chi connectivity index (χ0v) is 8.66. The Labute approximate surface area is 83.8 Å². The number of rotatable bonds is 3. The first-order valence-corrected chi connectivity index (χ1v) is 5.60. The van der Waals surface area contributed by atoms with Crippen molar-refractivity contribution in [2.24, 2.45) is 0 Å². The Balaban J connectivity index is 3.22. The van der Waals surface area contributed by atoms with Crippen LogP contribution in [0.25, 0.3) is 0 Å². The molecule has 0 radical (unpaired) electrons. The zero-order chi connectivity index (χ0) is 10.8.